The zero-order valence-electron chi connectivity index (χ0n) is 13.1. The Morgan fingerprint density at radius 2 is 1.77 bits per heavy atom. The molecule has 2 unspecified atom stereocenters. The molecular weight excluding hydrogens is 290 g/mol. The van der Waals surface area contributed by atoms with Crippen molar-refractivity contribution in [3.63, 3.8) is 0 Å². The summed E-state index contributed by atoms with van der Waals surface area (Å²) in [5.41, 5.74) is 4.44. The van der Waals surface area contributed by atoms with Gasteiger partial charge in [-0.1, -0.05) is 60.7 Å². The SMILES string of the molecule is C=CCN(C)C1Cc2ccccc2C(c2ccccc2)C1.Cl. The topological polar surface area (TPSA) is 3.24 Å². The monoisotopic (exact) mass is 313 g/mol. The van der Waals surface area contributed by atoms with E-state index >= 15 is 0 Å². The molecule has 0 amide bonds. The van der Waals surface area contributed by atoms with Gasteiger partial charge in [-0.15, -0.1) is 19.0 Å². The zero-order valence-corrected chi connectivity index (χ0v) is 13.9. The number of hydrogen-bond acceptors (Lipinski definition) is 1. The van der Waals surface area contributed by atoms with Crippen LogP contribution in [0.25, 0.3) is 0 Å². The third kappa shape index (κ3) is 3.43. The molecule has 0 saturated carbocycles. The fourth-order valence-electron chi connectivity index (χ4n) is 3.49. The van der Waals surface area contributed by atoms with E-state index in [4.69, 9.17) is 0 Å². The van der Waals surface area contributed by atoms with E-state index in [1.165, 1.54) is 23.1 Å². The number of hydrogen-bond donors (Lipinski definition) is 0. The fraction of sp³-hybridized carbons (Fsp3) is 0.300. The van der Waals surface area contributed by atoms with Crippen molar-refractivity contribution in [3.05, 3.63) is 83.9 Å². The Morgan fingerprint density at radius 1 is 1.09 bits per heavy atom. The number of likely N-dealkylation sites (N-methyl/N-ethyl adjacent to an activating group) is 1. The molecule has 22 heavy (non-hydrogen) atoms. The summed E-state index contributed by atoms with van der Waals surface area (Å²) in [6.07, 6.45) is 4.33. The Labute approximate surface area is 140 Å². The van der Waals surface area contributed by atoms with E-state index in [0.29, 0.717) is 12.0 Å². The molecule has 0 N–H and O–H groups in total. The normalized spacial score (nSPS) is 20.1. The molecule has 2 aromatic carbocycles. The molecule has 2 atom stereocenters. The predicted molar refractivity (Wildman–Crippen MR) is 96.9 cm³/mol. The standard InChI is InChI=1S/C20H23N.ClH/c1-3-13-21(2)18-14-17-11-7-8-12-19(17)20(15-18)16-9-5-4-6-10-16;/h3-12,18,20H,1,13-15H2,2H3;1H. The van der Waals surface area contributed by atoms with Crippen LogP contribution in [-0.2, 0) is 6.42 Å². The Kier molecular flexibility index (Phi) is 5.82. The summed E-state index contributed by atoms with van der Waals surface area (Å²) in [6.45, 7) is 4.83. The molecule has 3 rings (SSSR count). The van der Waals surface area contributed by atoms with E-state index in [1.807, 2.05) is 6.08 Å². The van der Waals surface area contributed by atoms with Crippen LogP contribution in [0.15, 0.2) is 67.3 Å². The number of nitrogens with zero attached hydrogens (tertiary/aromatic N) is 1. The quantitative estimate of drug-likeness (QED) is 0.741. The number of fused-ring (bicyclic) bond motifs is 1. The molecule has 0 aromatic heterocycles. The van der Waals surface area contributed by atoms with E-state index in [9.17, 15) is 0 Å². The average molecular weight is 314 g/mol. The smallest absolute Gasteiger partial charge is 0.0160 e. The minimum Gasteiger partial charge on any atom is -0.299 e. The molecule has 0 fully saturated rings. The van der Waals surface area contributed by atoms with Crippen molar-refractivity contribution in [2.24, 2.45) is 0 Å². The first-order valence-corrected chi connectivity index (χ1v) is 7.73. The maximum atomic E-state index is 3.88. The molecule has 116 valence electrons. The van der Waals surface area contributed by atoms with Crippen LogP contribution in [0.2, 0.25) is 0 Å². The lowest BCUT2D eigenvalue weighted by Crippen LogP contribution is -2.38. The first kappa shape index (κ1) is 16.8. The molecule has 2 heteroatoms. The lowest BCUT2D eigenvalue weighted by molar-refractivity contribution is 0.235. The van der Waals surface area contributed by atoms with Gasteiger partial charge in [-0.3, -0.25) is 4.90 Å². The van der Waals surface area contributed by atoms with E-state index < -0.39 is 0 Å². The molecule has 0 spiro atoms. The summed E-state index contributed by atoms with van der Waals surface area (Å²) in [5.74, 6) is 0.508. The highest BCUT2D eigenvalue weighted by Crippen LogP contribution is 2.37. The minimum absolute atomic E-state index is 0. The van der Waals surface area contributed by atoms with Crippen molar-refractivity contribution in [3.8, 4) is 0 Å². The Balaban J connectivity index is 0.00000176. The molecule has 1 aliphatic carbocycles. The van der Waals surface area contributed by atoms with E-state index in [-0.39, 0.29) is 12.4 Å². The highest BCUT2D eigenvalue weighted by atomic mass is 35.5. The summed E-state index contributed by atoms with van der Waals surface area (Å²) < 4.78 is 0. The fourth-order valence-corrected chi connectivity index (χ4v) is 3.49. The second kappa shape index (κ2) is 7.62. The van der Waals surface area contributed by atoms with Crippen LogP contribution in [0.1, 0.15) is 29.0 Å². The number of benzene rings is 2. The first-order valence-electron chi connectivity index (χ1n) is 7.73. The van der Waals surface area contributed by atoms with E-state index in [0.717, 1.165) is 13.0 Å². The summed E-state index contributed by atoms with van der Waals surface area (Å²) in [5, 5.41) is 0. The minimum atomic E-state index is 0. The highest BCUT2D eigenvalue weighted by molar-refractivity contribution is 5.85. The molecule has 0 bridgehead atoms. The van der Waals surface area contributed by atoms with Crippen molar-refractivity contribution < 1.29 is 0 Å². The van der Waals surface area contributed by atoms with Gasteiger partial charge in [0.2, 0.25) is 0 Å². The Hall–Kier alpha value is -1.57. The van der Waals surface area contributed by atoms with Crippen molar-refractivity contribution in [2.45, 2.75) is 24.8 Å². The first-order chi connectivity index (χ1) is 10.3. The van der Waals surface area contributed by atoms with Crippen LogP contribution in [0.4, 0.5) is 0 Å². The van der Waals surface area contributed by atoms with Crippen molar-refractivity contribution >= 4 is 12.4 Å². The van der Waals surface area contributed by atoms with Crippen LogP contribution >= 0.6 is 12.4 Å². The van der Waals surface area contributed by atoms with Gasteiger partial charge in [0.1, 0.15) is 0 Å². The van der Waals surface area contributed by atoms with Gasteiger partial charge in [0.15, 0.2) is 0 Å². The van der Waals surface area contributed by atoms with Crippen molar-refractivity contribution in [1.29, 1.82) is 0 Å². The third-order valence-electron chi connectivity index (χ3n) is 4.64. The van der Waals surface area contributed by atoms with Gasteiger partial charge in [0.05, 0.1) is 0 Å². The lowest BCUT2D eigenvalue weighted by Gasteiger charge is -2.36. The van der Waals surface area contributed by atoms with Crippen LogP contribution < -0.4 is 0 Å². The second-order valence-corrected chi connectivity index (χ2v) is 5.98. The van der Waals surface area contributed by atoms with Crippen molar-refractivity contribution in [1.82, 2.24) is 4.90 Å². The van der Waals surface area contributed by atoms with Gasteiger partial charge < -0.3 is 0 Å². The molecule has 0 saturated heterocycles. The van der Waals surface area contributed by atoms with Gasteiger partial charge in [0, 0.05) is 18.5 Å². The highest BCUT2D eigenvalue weighted by Gasteiger charge is 2.29. The molecule has 1 nitrogen and oxygen atoms in total. The predicted octanol–water partition coefficient (Wildman–Crippen LogP) is 4.67. The Morgan fingerprint density at radius 3 is 2.50 bits per heavy atom. The lowest BCUT2D eigenvalue weighted by atomic mass is 9.76. The number of rotatable bonds is 4. The molecule has 0 aliphatic heterocycles. The molecular formula is C20H24ClN. The average Bonchev–Trinajstić information content (AvgIpc) is 2.55. The Bertz CT molecular complexity index is 608. The van der Waals surface area contributed by atoms with E-state index in [2.05, 4.69) is 73.1 Å². The third-order valence-corrected chi connectivity index (χ3v) is 4.64. The molecule has 2 aromatic rings. The molecule has 1 aliphatic rings. The van der Waals surface area contributed by atoms with Gasteiger partial charge in [-0.2, -0.15) is 0 Å². The van der Waals surface area contributed by atoms with Gasteiger partial charge in [0.25, 0.3) is 0 Å². The van der Waals surface area contributed by atoms with E-state index in [1.54, 1.807) is 0 Å². The summed E-state index contributed by atoms with van der Waals surface area (Å²) in [7, 11) is 2.21. The molecule has 0 radical (unpaired) electrons. The van der Waals surface area contributed by atoms with Crippen LogP contribution in [0, 0.1) is 0 Å². The maximum Gasteiger partial charge on any atom is 0.0160 e. The number of halogens is 1. The van der Waals surface area contributed by atoms with Gasteiger partial charge in [-0.25, -0.2) is 0 Å². The van der Waals surface area contributed by atoms with Gasteiger partial charge >= 0.3 is 0 Å². The summed E-state index contributed by atoms with van der Waals surface area (Å²) in [6, 6.07) is 20.4. The second-order valence-electron chi connectivity index (χ2n) is 5.98. The van der Waals surface area contributed by atoms with Gasteiger partial charge in [-0.05, 0) is 36.6 Å². The molecule has 0 heterocycles. The maximum absolute atomic E-state index is 3.88. The summed E-state index contributed by atoms with van der Waals surface area (Å²) >= 11 is 0. The van der Waals surface area contributed by atoms with Crippen LogP contribution in [0.5, 0.6) is 0 Å². The largest absolute Gasteiger partial charge is 0.299 e. The summed E-state index contributed by atoms with van der Waals surface area (Å²) in [4.78, 5) is 2.43. The van der Waals surface area contributed by atoms with Crippen LogP contribution in [-0.4, -0.2) is 24.5 Å². The van der Waals surface area contributed by atoms with Crippen molar-refractivity contribution in [2.75, 3.05) is 13.6 Å². The zero-order chi connectivity index (χ0) is 14.7. The van der Waals surface area contributed by atoms with Crippen LogP contribution in [0.3, 0.4) is 0 Å².